The topological polar surface area (TPSA) is 0 Å². The molecule has 0 unspecified atom stereocenters. The number of thiol groups is 2. The second kappa shape index (κ2) is 17.1. The molecule has 6 heteroatoms. The van der Waals surface area contributed by atoms with Gasteiger partial charge in [-0.05, 0) is 0 Å². The summed E-state index contributed by atoms with van der Waals surface area (Å²) in [5, 5.41) is 0. The van der Waals surface area contributed by atoms with Gasteiger partial charge in [0.25, 0.3) is 0 Å². The Morgan fingerprint density at radius 2 is 0.500 bits per heavy atom. The van der Waals surface area contributed by atoms with Crippen molar-refractivity contribution in [3.8, 4) is 44.5 Å². The summed E-state index contributed by atoms with van der Waals surface area (Å²) in [4.78, 5) is 0. The molecule has 0 bridgehead atoms. The van der Waals surface area contributed by atoms with Crippen molar-refractivity contribution in [2.45, 2.75) is 83.1 Å². The van der Waals surface area contributed by atoms with Crippen LogP contribution in [0.2, 0.25) is 0 Å². The fourth-order valence-corrected chi connectivity index (χ4v) is 68.0. The van der Waals surface area contributed by atoms with Crippen molar-refractivity contribution in [2.24, 2.45) is 0 Å². The van der Waals surface area contributed by atoms with Crippen LogP contribution in [0.1, 0.15) is 66.8 Å². The fraction of sp³-hybridized carbons (Fsp3) is 0.250. The third kappa shape index (κ3) is 8.00. The Bertz CT molecular complexity index is 1990. The van der Waals surface area contributed by atoms with Crippen LogP contribution in [0, 0.1) is 83.1 Å². The smallest absolute Gasteiger partial charge is 0.813 e. The molecular formula is C48H52Ge2S4-2. The van der Waals surface area contributed by atoms with Crippen LogP contribution < -0.4 is 8.79 Å². The number of benzene rings is 6. The van der Waals surface area contributed by atoms with Gasteiger partial charge in [0.1, 0.15) is 0 Å². The minimum atomic E-state index is -1.87. The summed E-state index contributed by atoms with van der Waals surface area (Å²) in [6, 6.07) is 33.5. The fourth-order valence-electron chi connectivity index (χ4n) is 9.18. The normalized spacial score (nSPS) is 13.0. The molecule has 0 aliphatic carbocycles. The second-order valence-electron chi connectivity index (χ2n) is 15.3. The van der Waals surface area contributed by atoms with Crippen molar-refractivity contribution in [3.05, 3.63) is 152 Å². The van der Waals surface area contributed by atoms with E-state index >= 15 is 0 Å². The van der Waals surface area contributed by atoms with E-state index in [1.54, 1.807) is 8.79 Å². The summed E-state index contributed by atoms with van der Waals surface area (Å²) < 4.78 is 3.34. The molecule has 54 heavy (non-hydrogen) atoms. The van der Waals surface area contributed by atoms with E-state index in [1.807, 2.05) is 0 Å². The van der Waals surface area contributed by atoms with E-state index in [0.29, 0.717) is 0 Å². The van der Waals surface area contributed by atoms with Gasteiger partial charge in [-0.2, -0.15) is 0 Å². The number of rotatable bonds is 6. The molecule has 0 amide bonds. The first kappa shape index (κ1) is 42.9. The molecule has 2 radical (unpaired) electrons. The van der Waals surface area contributed by atoms with Gasteiger partial charge >= 0.3 is 329 Å². The predicted molar refractivity (Wildman–Crippen MR) is 255 cm³/mol. The molecule has 0 nitrogen and oxygen atoms in total. The number of hydrogen-bond acceptors (Lipinski definition) is 4. The molecule has 0 aromatic heterocycles. The predicted octanol–water partition coefficient (Wildman–Crippen LogP) is 12.1. The Labute approximate surface area is 352 Å². The van der Waals surface area contributed by atoms with Crippen molar-refractivity contribution >= 4 is 76.7 Å². The zero-order valence-corrected chi connectivity index (χ0v) is 41.4. The summed E-state index contributed by atoms with van der Waals surface area (Å²) in [5.41, 5.74) is 28.2. The molecular weight excluding hydrogens is 850 g/mol. The van der Waals surface area contributed by atoms with Crippen LogP contribution in [0.4, 0.5) is 0 Å². The second-order valence-corrected chi connectivity index (χ2v) is 47.3. The van der Waals surface area contributed by atoms with Crippen LogP contribution in [0.15, 0.2) is 84.9 Å². The quantitative estimate of drug-likeness (QED) is 0.0927. The van der Waals surface area contributed by atoms with E-state index in [-0.39, 0.29) is 27.0 Å². The first-order chi connectivity index (χ1) is 24.7. The molecule has 278 valence electrons. The standard InChI is InChI=1S/C48H50Ge2S2.2H2S/c1-27-19-31(5)43(32(6)20-27)39-15-13-16-40(44-33(7)21-28(2)22-34(44)8)47(39)49-51-50(52-49)48-41(45-35(9)23-29(3)24-36(45)10)17-14-18-42(48)46-37(11)25-30(4)26-38(46)12;;/h13-26H,1-12H3;2*1H2/p-2. The minimum Gasteiger partial charge on any atom is -0.813 e. The Hall–Kier alpha value is -2.19. The first-order valence-corrected chi connectivity index (χ1v) is 32.4. The van der Waals surface area contributed by atoms with Crippen molar-refractivity contribution < 1.29 is 0 Å². The summed E-state index contributed by atoms with van der Waals surface area (Å²) in [6.07, 6.45) is 0. The van der Waals surface area contributed by atoms with Gasteiger partial charge < -0.3 is 27.0 Å². The largest absolute Gasteiger partial charge is 0.813 e. The molecule has 1 aliphatic heterocycles. The average Bonchev–Trinajstić information content (AvgIpc) is 3.00. The van der Waals surface area contributed by atoms with Gasteiger partial charge in [-0.15, -0.1) is 0 Å². The van der Waals surface area contributed by atoms with E-state index in [1.165, 1.54) is 111 Å². The molecule has 1 heterocycles. The van der Waals surface area contributed by atoms with E-state index in [4.69, 9.17) is 0 Å². The Morgan fingerprint density at radius 3 is 0.685 bits per heavy atom. The Balaban J connectivity index is 0.00000280. The first-order valence-electron chi connectivity index (χ1n) is 18.4. The molecule has 1 saturated heterocycles. The van der Waals surface area contributed by atoms with Gasteiger partial charge in [-0.3, -0.25) is 0 Å². The molecule has 0 N–H and O–H groups in total. The van der Waals surface area contributed by atoms with E-state index in [9.17, 15) is 0 Å². The molecule has 0 atom stereocenters. The third-order valence-corrected chi connectivity index (χ3v) is 75.6. The van der Waals surface area contributed by atoms with E-state index in [0.717, 1.165) is 0 Å². The van der Waals surface area contributed by atoms with Crippen LogP contribution >= 0.6 is 16.8 Å². The van der Waals surface area contributed by atoms with Gasteiger partial charge in [0, 0.05) is 0 Å². The molecule has 0 spiro atoms. The molecule has 1 fully saturated rings. The SMILES string of the molecule is Cc1cc(C)c(-c2cccc(-c3c(C)cc(C)cc3C)[c]2[Ge]2[S][Ge]([c]3c(-c4c(C)cc(C)cc4C)cccc3-c3c(C)cc(C)cc3C)[S]2)c(C)c1.[SH-].[SH-]. The van der Waals surface area contributed by atoms with Crippen LogP contribution in [0.3, 0.4) is 0 Å². The zero-order valence-electron chi connectivity index (χ0n) is 33.8. The maximum Gasteiger partial charge on any atom is -0.813 e. The molecule has 6 aromatic carbocycles. The monoisotopic (exact) mass is 904 g/mol. The van der Waals surface area contributed by atoms with Crippen molar-refractivity contribution in [1.82, 2.24) is 0 Å². The average molecular weight is 902 g/mol. The molecule has 7 rings (SSSR count). The van der Waals surface area contributed by atoms with Crippen molar-refractivity contribution in [1.29, 1.82) is 0 Å². The van der Waals surface area contributed by atoms with Crippen LogP contribution in [-0.2, 0) is 27.0 Å². The Kier molecular flexibility index (Phi) is 13.6. The maximum atomic E-state index is 2.47. The maximum absolute atomic E-state index is 2.47. The van der Waals surface area contributed by atoms with Crippen LogP contribution in [-0.4, -0.2) is 24.1 Å². The van der Waals surface area contributed by atoms with E-state index < -0.39 is 24.1 Å². The summed E-state index contributed by atoms with van der Waals surface area (Å²) >= 11 is -3.74. The van der Waals surface area contributed by atoms with Crippen molar-refractivity contribution in [3.63, 3.8) is 0 Å². The van der Waals surface area contributed by atoms with Crippen LogP contribution in [0.5, 0.6) is 0 Å². The Morgan fingerprint density at radius 1 is 0.315 bits per heavy atom. The third-order valence-electron chi connectivity index (χ3n) is 10.7. The van der Waals surface area contributed by atoms with Gasteiger partial charge in [-0.25, -0.2) is 0 Å². The number of hydrogen-bond donors (Lipinski definition) is 0. The van der Waals surface area contributed by atoms with Gasteiger partial charge in [0.2, 0.25) is 0 Å². The summed E-state index contributed by atoms with van der Waals surface area (Å²) in [5.74, 6) is 0. The molecule has 1 aliphatic rings. The van der Waals surface area contributed by atoms with Gasteiger partial charge in [-0.1, -0.05) is 0 Å². The number of aryl methyl sites for hydroxylation is 12. The molecule has 6 aromatic rings. The minimum absolute atomic E-state index is 0. The van der Waals surface area contributed by atoms with Gasteiger partial charge in [0.05, 0.1) is 0 Å². The summed E-state index contributed by atoms with van der Waals surface area (Å²) in [6.45, 7) is 27.5. The summed E-state index contributed by atoms with van der Waals surface area (Å²) in [7, 11) is 4.94. The van der Waals surface area contributed by atoms with Gasteiger partial charge in [0.15, 0.2) is 0 Å². The zero-order chi connectivity index (χ0) is 37.2. The molecule has 0 saturated carbocycles. The van der Waals surface area contributed by atoms with Crippen molar-refractivity contribution in [2.75, 3.05) is 0 Å². The van der Waals surface area contributed by atoms with Crippen LogP contribution in [0.25, 0.3) is 44.5 Å². The van der Waals surface area contributed by atoms with E-state index in [2.05, 4.69) is 185 Å².